The van der Waals surface area contributed by atoms with E-state index in [9.17, 15) is 14.4 Å². The summed E-state index contributed by atoms with van der Waals surface area (Å²) < 4.78 is 12.3. The first-order chi connectivity index (χ1) is 17.8. The number of allylic oxidation sites excluding steroid dienone is 1. The standard InChI is InChI=1S/C30H32N2O5/c1-20(33)25-18-32(16-21-10-6-5-7-11-21)19-26(30(35)37-4)28(25)24(29(34)36-3)15-14-22-17-31(2)27-13-9-8-12-23(22)27/h5-13,17-19,24,28H,14-16H2,1-4H3. The summed E-state index contributed by atoms with van der Waals surface area (Å²) in [5.74, 6) is -2.78. The number of esters is 2. The Kier molecular flexibility index (Phi) is 7.92. The predicted molar refractivity (Wildman–Crippen MR) is 141 cm³/mol. The number of aryl methyl sites for hydroxylation is 2. The number of carbonyl (C=O) groups excluding carboxylic acids is 3. The normalized spacial score (nSPS) is 16.1. The Morgan fingerprint density at radius 3 is 2.27 bits per heavy atom. The smallest absolute Gasteiger partial charge is 0.335 e. The third kappa shape index (κ3) is 5.50. The number of ketones is 1. The first-order valence-corrected chi connectivity index (χ1v) is 12.3. The number of methoxy groups -OCH3 is 2. The zero-order valence-corrected chi connectivity index (χ0v) is 21.6. The predicted octanol–water partition coefficient (Wildman–Crippen LogP) is 4.56. The quantitative estimate of drug-likeness (QED) is 0.401. The van der Waals surface area contributed by atoms with Crippen LogP contribution in [0.2, 0.25) is 0 Å². The molecule has 7 nitrogen and oxygen atoms in total. The van der Waals surface area contributed by atoms with Gasteiger partial charge in [-0.3, -0.25) is 9.59 Å². The van der Waals surface area contributed by atoms with Crippen molar-refractivity contribution in [2.24, 2.45) is 18.9 Å². The lowest BCUT2D eigenvalue weighted by atomic mass is 9.75. The molecule has 2 unspecified atom stereocenters. The highest BCUT2D eigenvalue weighted by molar-refractivity contribution is 6.00. The average Bonchev–Trinajstić information content (AvgIpc) is 3.24. The third-order valence-electron chi connectivity index (χ3n) is 6.93. The Hall–Kier alpha value is -4.13. The highest BCUT2D eigenvalue weighted by Crippen LogP contribution is 2.38. The summed E-state index contributed by atoms with van der Waals surface area (Å²) in [6, 6.07) is 17.8. The van der Waals surface area contributed by atoms with Gasteiger partial charge < -0.3 is 18.9 Å². The Morgan fingerprint density at radius 2 is 1.59 bits per heavy atom. The van der Waals surface area contributed by atoms with Crippen molar-refractivity contribution in [2.75, 3.05) is 14.2 Å². The zero-order chi connectivity index (χ0) is 26.5. The maximum Gasteiger partial charge on any atom is 0.335 e. The fraction of sp³-hybridized carbons (Fsp3) is 0.300. The second kappa shape index (κ2) is 11.3. The molecule has 37 heavy (non-hydrogen) atoms. The molecule has 4 rings (SSSR count). The number of nitrogens with zero attached hydrogens (tertiary/aromatic N) is 2. The molecule has 0 saturated heterocycles. The van der Waals surface area contributed by atoms with Crippen LogP contribution in [0.15, 0.2) is 84.3 Å². The van der Waals surface area contributed by atoms with Gasteiger partial charge in [-0.15, -0.1) is 0 Å². The average molecular weight is 501 g/mol. The van der Waals surface area contributed by atoms with Crippen LogP contribution in [0.3, 0.4) is 0 Å². The molecule has 1 aliphatic heterocycles. The lowest BCUT2D eigenvalue weighted by Gasteiger charge is -2.33. The van der Waals surface area contributed by atoms with Crippen molar-refractivity contribution in [3.63, 3.8) is 0 Å². The largest absolute Gasteiger partial charge is 0.469 e. The monoisotopic (exact) mass is 500 g/mol. The van der Waals surface area contributed by atoms with Crippen LogP contribution in [0.5, 0.6) is 0 Å². The summed E-state index contributed by atoms with van der Waals surface area (Å²) in [6.07, 6.45) is 6.44. The minimum atomic E-state index is -0.778. The second-order valence-electron chi connectivity index (χ2n) is 9.30. The van der Waals surface area contributed by atoms with Crippen molar-refractivity contribution in [3.05, 3.63) is 95.5 Å². The maximum atomic E-state index is 13.1. The summed E-state index contributed by atoms with van der Waals surface area (Å²) in [6.45, 7) is 1.92. The molecular formula is C30H32N2O5. The van der Waals surface area contributed by atoms with Gasteiger partial charge in [0, 0.05) is 54.6 Å². The van der Waals surface area contributed by atoms with E-state index in [-0.39, 0.29) is 11.4 Å². The molecule has 0 bridgehead atoms. The van der Waals surface area contributed by atoms with Gasteiger partial charge in [-0.1, -0.05) is 48.5 Å². The number of para-hydroxylation sites is 1. The topological polar surface area (TPSA) is 77.8 Å². The number of hydrogen-bond donors (Lipinski definition) is 0. The maximum absolute atomic E-state index is 13.1. The van der Waals surface area contributed by atoms with Crippen LogP contribution in [0.4, 0.5) is 0 Å². The van der Waals surface area contributed by atoms with Crippen molar-refractivity contribution in [1.29, 1.82) is 0 Å². The molecule has 0 spiro atoms. The van der Waals surface area contributed by atoms with E-state index in [1.165, 1.54) is 21.1 Å². The highest BCUT2D eigenvalue weighted by Gasteiger charge is 2.41. The van der Waals surface area contributed by atoms with Crippen molar-refractivity contribution in [2.45, 2.75) is 26.3 Å². The van der Waals surface area contributed by atoms with Crippen LogP contribution in [0.1, 0.15) is 24.5 Å². The molecule has 0 aliphatic carbocycles. The first kappa shape index (κ1) is 25.9. The molecule has 192 valence electrons. The van der Waals surface area contributed by atoms with Gasteiger partial charge >= 0.3 is 11.9 Å². The van der Waals surface area contributed by atoms with E-state index in [4.69, 9.17) is 9.47 Å². The van der Waals surface area contributed by atoms with E-state index in [0.29, 0.717) is 25.0 Å². The minimum absolute atomic E-state index is 0.211. The molecule has 2 aromatic carbocycles. The number of fused-ring (bicyclic) bond motifs is 1. The Morgan fingerprint density at radius 1 is 0.919 bits per heavy atom. The van der Waals surface area contributed by atoms with Crippen LogP contribution < -0.4 is 0 Å². The zero-order valence-electron chi connectivity index (χ0n) is 21.6. The van der Waals surface area contributed by atoms with Crippen LogP contribution >= 0.6 is 0 Å². The van der Waals surface area contributed by atoms with E-state index >= 15 is 0 Å². The van der Waals surface area contributed by atoms with Crippen molar-refractivity contribution in [3.8, 4) is 0 Å². The van der Waals surface area contributed by atoms with Gasteiger partial charge in [-0.25, -0.2) is 4.79 Å². The SMILES string of the molecule is COC(=O)C1=CN(Cc2ccccc2)C=C(C(C)=O)C1C(CCc1cn(C)c2ccccc12)C(=O)OC. The summed E-state index contributed by atoms with van der Waals surface area (Å²) in [5.41, 5.74) is 3.85. The molecule has 1 aliphatic rings. The fourth-order valence-corrected chi connectivity index (χ4v) is 5.16. The van der Waals surface area contributed by atoms with Crippen LogP contribution in [-0.2, 0) is 43.9 Å². The fourth-order valence-electron chi connectivity index (χ4n) is 5.16. The Labute approximate surface area is 217 Å². The number of ether oxygens (including phenoxy) is 2. The van der Waals surface area contributed by atoms with Gasteiger partial charge in [0.2, 0.25) is 0 Å². The van der Waals surface area contributed by atoms with Gasteiger partial charge in [0.15, 0.2) is 5.78 Å². The molecule has 0 saturated carbocycles. The van der Waals surface area contributed by atoms with Crippen LogP contribution in [0, 0.1) is 11.8 Å². The van der Waals surface area contributed by atoms with Gasteiger partial charge in [-0.05, 0) is 37.0 Å². The summed E-state index contributed by atoms with van der Waals surface area (Å²) in [7, 11) is 4.62. The van der Waals surface area contributed by atoms with Crippen molar-refractivity contribution in [1.82, 2.24) is 9.47 Å². The number of hydrogen-bond acceptors (Lipinski definition) is 6. The third-order valence-corrected chi connectivity index (χ3v) is 6.93. The van der Waals surface area contributed by atoms with Crippen LogP contribution in [0.25, 0.3) is 10.9 Å². The molecule has 0 fully saturated rings. The molecule has 2 heterocycles. The lowest BCUT2D eigenvalue weighted by molar-refractivity contribution is -0.147. The second-order valence-corrected chi connectivity index (χ2v) is 9.30. The molecule has 0 amide bonds. The van der Waals surface area contributed by atoms with Gasteiger partial charge in [-0.2, -0.15) is 0 Å². The van der Waals surface area contributed by atoms with Crippen molar-refractivity contribution < 1.29 is 23.9 Å². The van der Waals surface area contributed by atoms with E-state index in [2.05, 4.69) is 16.8 Å². The molecule has 7 heteroatoms. The molecular weight excluding hydrogens is 468 g/mol. The number of Topliss-reactive ketones (excluding diaryl/α,β-unsaturated/α-hetero) is 1. The lowest BCUT2D eigenvalue weighted by Crippen LogP contribution is -2.37. The van der Waals surface area contributed by atoms with E-state index in [1.807, 2.05) is 55.6 Å². The molecule has 2 atom stereocenters. The number of benzene rings is 2. The van der Waals surface area contributed by atoms with Gasteiger partial charge in [0.1, 0.15) is 0 Å². The molecule has 3 aromatic rings. The van der Waals surface area contributed by atoms with Gasteiger partial charge in [0.05, 0.1) is 25.7 Å². The van der Waals surface area contributed by atoms with Crippen LogP contribution in [-0.4, -0.2) is 41.4 Å². The van der Waals surface area contributed by atoms with Crippen molar-refractivity contribution >= 4 is 28.6 Å². The molecule has 0 radical (unpaired) electrons. The first-order valence-electron chi connectivity index (χ1n) is 12.3. The molecule has 0 N–H and O–H groups in total. The number of carbonyl (C=O) groups is 3. The summed E-state index contributed by atoms with van der Waals surface area (Å²) in [5, 5.41) is 1.11. The number of aromatic nitrogens is 1. The Balaban J connectivity index is 1.71. The summed E-state index contributed by atoms with van der Waals surface area (Å²) >= 11 is 0. The molecule has 1 aromatic heterocycles. The highest BCUT2D eigenvalue weighted by atomic mass is 16.5. The van der Waals surface area contributed by atoms with E-state index < -0.39 is 23.8 Å². The van der Waals surface area contributed by atoms with Gasteiger partial charge in [0.25, 0.3) is 0 Å². The Bertz CT molecular complexity index is 1370. The minimum Gasteiger partial charge on any atom is -0.469 e. The van der Waals surface area contributed by atoms with E-state index in [1.54, 1.807) is 17.3 Å². The summed E-state index contributed by atoms with van der Waals surface area (Å²) in [4.78, 5) is 40.8. The number of rotatable bonds is 9. The van der Waals surface area contributed by atoms with E-state index in [0.717, 1.165) is 22.0 Å².